The van der Waals surface area contributed by atoms with Crippen LogP contribution in [0.1, 0.15) is 57.5 Å². The van der Waals surface area contributed by atoms with Crippen LogP contribution < -0.4 is 15.0 Å². The van der Waals surface area contributed by atoms with Gasteiger partial charge in [-0.25, -0.2) is 4.39 Å². The molecular weight excluding hydrogens is 571 g/mol. The molecule has 0 aromatic heterocycles. The van der Waals surface area contributed by atoms with E-state index in [2.05, 4.69) is 5.32 Å². The van der Waals surface area contributed by atoms with Crippen LogP contribution in [0.3, 0.4) is 0 Å². The fraction of sp³-hybridized carbons (Fsp3) is 0.281. The summed E-state index contributed by atoms with van der Waals surface area (Å²) >= 11 is 1.78. The highest BCUT2D eigenvalue weighted by molar-refractivity contribution is 8.00. The first-order valence-corrected chi connectivity index (χ1v) is 14.9. The second-order valence-corrected chi connectivity index (χ2v) is 12.0. The van der Waals surface area contributed by atoms with Gasteiger partial charge in [-0.05, 0) is 67.3 Å². The summed E-state index contributed by atoms with van der Waals surface area (Å²) in [5.41, 5.74) is 2.02. The van der Waals surface area contributed by atoms with Crippen LogP contribution in [0.5, 0.6) is 5.75 Å². The van der Waals surface area contributed by atoms with E-state index in [1.807, 2.05) is 35.2 Å². The Morgan fingerprint density at radius 2 is 1.74 bits per heavy atom. The molecule has 1 atom stereocenters. The van der Waals surface area contributed by atoms with Crippen molar-refractivity contribution in [2.45, 2.75) is 48.5 Å². The summed E-state index contributed by atoms with van der Waals surface area (Å²) in [7, 11) is 0. The van der Waals surface area contributed by atoms with E-state index < -0.39 is 29.7 Å². The molecule has 3 aromatic rings. The van der Waals surface area contributed by atoms with Crippen molar-refractivity contribution in [3.05, 3.63) is 88.7 Å². The monoisotopic (exact) mass is 598 g/mol. The van der Waals surface area contributed by atoms with Crippen LogP contribution in [0, 0.1) is 17.1 Å². The molecule has 3 aromatic carbocycles. The molecule has 0 saturated carbocycles. The van der Waals surface area contributed by atoms with Gasteiger partial charge >= 0.3 is 0 Å². The zero-order chi connectivity index (χ0) is 30.1. The topological polar surface area (TPSA) is 120 Å². The molecule has 2 saturated heterocycles. The molecule has 3 heterocycles. The smallest absolute Gasteiger partial charge is 0.266 e. The number of imide groups is 2. The van der Waals surface area contributed by atoms with Crippen molar-refractivity contribution in [3.63, 3.8) is 0 Å². The van der Waals surface area contributed by atoms with Crippen molar-refractivity contribution < 1.29 is 28.3 Å². The van der Waals surface area contributed by atoms with Gasteiger partial charge in [0.25, 0.3) is 11.8 Å². The number of piperidine rings is 2. The van der Waals surface area contributed by atoms with Crippen molar-refractivity contribution in [1.29, 1.82) is 5.26 Å². The lowest BCUT2D eigenvalue weighted by molar-refractivity contribution is -0.136. The Labute approximate surface area is 251 Å². The lowest BCUT2D eigenvalue weighted by Gasteiger charge is -2.33. The number of thioether (sulfide) groups is 1. The number of benzene rings is 3. The third-order valence-corrected chi connectivity index (χ3v) is 9.26. The number of nitrogens with one attached hydrogen (secondary N) is 1. The number of nitrogens with zero attached hydrogens (tertiary/aromatic N) is 3. The summed E-state index contributed by atoms with van der Waals surface area (Å²) in [4.78, 5) is 54.3. The fourth-order valence-electron chi connectivity index (χ4n) is 5.67. The minimum atomic E-state index is -1.03. The molecule has 1 unspecified atom stereocenters. The number of carbonyl (C=O) groups is 4. The molecule has 218 valence electrons. The van der Waals surface area contributed by atoms with E-state index in [1.165, 1.54) is 12.1 Å². The molecule has 0 bridgehead atoms. The third kappa shape index (κ3) is 5.70. The van der Waals surface area contributed by atoms with Crippen LogP contribution in [-0.4, -0.2) is 52.9 Å². The van der Waals surface area contributed by atoms with E-state index in [4.69, 9.17) is 10.00 Å². The summed E-state index contributed by atoms with van der Waals surface area (Å²) in [5.74, 6) is -2.37. The first-order valence-electron chi connectivity index (χ1n) is 14.0. The number of nitriles is 1. The number of hydrogen-bond donors (Lipinski definition) is 1. The highest BCUT2D eigenvalue weighted by Crippen LogP contribution is 2.35. The van der Waals surface area contributed by atoms with Gasteiger partial charge in [0.2, 0.25) is 11.8 Å². The summed E-state index contributed by atoms with van der Waals surface area (Å²) < 4.78 is 20.4. The second kappa shape index (κ2) is 11.9. The van der Waals surface area contributed by atoms with Crippen LogP contribution in [0.15, 0.2) is 65.6 Å². The van der Waals surface area contributed by atoms with E-state index in [0.29, 0.717) is 16.5 Å². The summed E-state index contributed by atoms with van der Waals surface area (Å²) in [5, 5.41) is 11.6. The first kappa shape index (κ1) is 28.4. The van der Waals surface area contributed by atoms with Crippen LogP contribution in [-0.2, 0) is 16.2 Å². The zero-order valence-electron chi connectivity index (χ0n) is 23.0. The number of rotatable bonds is 7. The third-order valence-electron chi connectivity index (χ3n) is 7.91. The van der Waals surface area contributed by atoms with Gasteiger partial charge in [0, 0.05) is 29.7 Å². The Morgan fingerprint density at radius 1 is 0.977 bits per heavy atom. The van der Waals surface area contributed by atoms with Crippen molar-refractivity contribution in [2.75, 3.05) is 18.0 Å². The van der Waals surface area contributed by atoms with E-state index >= 15 is 0 Å². The van der Waals surface area contributed by atoms with Gasteiger partial charge in [-0.2, -0.15) is 5.26 Å². The maximum atomic E-state index is 14.4. The summed E-state index contributed by atoms with van der Waals surface area (Å²) in [6, 6.07) is 18.3. The maximum absolute atomic E-state index is 14.4. The standard InChI is InChI=1S/C32H27FN4O5S/c33-24-16-20(17-34)6-9-25(24)36-14-12-22(13-15-36)43-21-7-4-19(5-8-21)18-42-27-3-1-2-23-29(27)32(41)37(31(23)40)26-10-11-28(38)35-30(26)39/h1-9,16,22,26H,10-15,18H2,(H,35,38,39). The average molecular weight is 599 g/mol. The van der Waals surface area contributed by atoms with Crippen LogP contribution in [0.25, 0.3) is 0 Å². The number of ether oxygens (including phenoxy) is 1. The molecule has 0 spiro atoms. The van der Waals surface area contributed by atoms with Gasteiger partial charge in [-0.3, -0.25) is 29.4 Å². The van der Waals surface area contributed by atoms with Gasteiger partial charge in [0.1, 0.15) is 24.2 Å². The number of hydrogen-bond acceptors (Lipinski definition) is 8. The molecular formula is C32H27FN4O5S. The van der Waals surface area contributed by atoms with Gasteiger partial charge in [-0.1, -0.05) is 18.2 Å². The van der Waals surface area contributed by atoms with Gasteiger partial charge < -0.3 is 9.64 Å². The van der Waals surface area contributed by atoms with E-state index in [0.717, 1.165) is 41.3 Å². The lowest BCUT2D eigenvalue weighted by atomic mass is 10.0. The lowest BCUT2D eigenvalue weighted by Crippen LogP contribution is -2.54. The molecule has 6 rings (SSSR count). The Hall–Kier alpha value is -4.69. The second-order valence-electron chi connectivity index (χ2n) is 10.6. The highest BCUT2D eigenvalue weighted by Gasteiger charge is 2.46. The molecule has 3 aliphatic rings. The molecule has 43 heavy (non-hydrogen) atoms. The minimum absolute atomic E-state index is 0.0548. The maximum Gasteiger partial charge on any atom is 0.266 e. The van der Waals surface area contributed by atoms with E-state index in [-0.39, 0.29) is 42.1 Å². The minimum Gasteiger partial charge on any atom is -0.488 e. The average Bonchev–Trinajstić information content (AvgIpc) is 3.27. The van der Waals surface area contributed by atoms with Crippen molar-refractivity contribution in [1.82, 2.24) is 10.2 Å². The Morgan fingerprint density at radius 3 is 2.44 bits per heavy atom. The van der Waals surface area contributed by atoms with E-state index in [9.17, 15) is 23.6 Å². The van der Waals surface area contributed by atoms with Gasteiger partial charge in [0.15, 0.2) is 0 Å². The Balaban J connectivity index is 1.05. The van der Waals surface area contributed by atoms with E-state index in [1.54, 1.807) is 36.0 Å². The number of amides is 4. The number of fused-ring (bicyclic) bond motifs is 1. The summed E-state index contributed by atoms with van der Waals surface area (Å²) in [6.07, 6.45) is 1.94. The number of anilines is 1. The predicted molar refractivity (Wildman–Crippen MR) is 156 cm³/mol. The number of halogens is 1. The van der Waals surface area contributed by atoms with Crippen LogP contribution in [0.4, 0.5) is 10.1 Å². The molecule has 4 amide bonds. The first-order chi connectivity index (χ1) is 20.8. The predicted octanol–water partition coefficient (Wildman–Crippen LogP) is 4.44. The van der Waals surface area contributed by atoms with Gasteiger partial charge in [0.05, 0.1) is 28.4 Å². The summed E-state index contributed by atoms with van der Waals surface area (Å²) in [6.45, 7) is 1.64. The van der Waals surface area contributed by atoms with Gasteiger partial charge in [-0.15, -0.1) is 11.8 Å². The largest absolute Gasteiger partial charge is 0.488 e. The molecule has 11 heteroatoms. The SMILES string of the molecule is N#Cc1ccc(N2CCC(Sc3ccc(COc4cccc5c4C(=O)N(C4CCC(=O)NC4=O)C5=O)cc3)CC2)c(F)c1. The molecule has 0 radical (unpaired) electrons. The normalized spacial score (nSPS) is 18.8. The van der Waals surface area contributed by atoms with Crippen molar-refractivity contribution in [3.8, 4) is 11.8 Å². The molecule has 3 aliphatic heterocycles. The highest BCUT2D eigenvalue weighted by atomic mass is 32.2. The Bertz CT molecular complexity index is 1660. The Kier molecular flexibility index (Phi) is 7.86. The molecule has 9 nitrogen and oxygen atoms in total. The fourth-order valence-corrected chi connectivity index (χ4v) is 6.79. The quantitative estimate of drug-likeness (QED) is 0.397. The molecule has 0 aliphatic carbocycles. The van der Waals surface area contributed by atoms with Crippen molar-refractivity contribution in [2.24, 2.45) is 0 Å². The van der Waals surface area contributed by atoms with Crippen molar-refractivity contribution >= 4 is 41.1 Å². The molecule has 1 N–H and O–H groups in total. The number of carbonyl (C=O) groups excluding carboxylic acids is 4. The van der Waals surface area contributed by atoms with Crippen LogP contribution in [0.2, 0.25) is 0 Å². The zero-order valence-corrected chi connectivity index (χ0v) is 23.9. The van der Waals surface area contributed by atoms with Crippen LogP contribution >= 0.6 is 11.8 Å². The molecule has 2 fully saturated rings.